The van der Waals surface area contributed by atoms with Gasteiger partial charge in [-0.2, -0.15) is 0 Å². The third-order valence-corrected chi connectivity index (χ3v) is 3.68. The summed E-state index contributed by atoms with van der Waals surface area (Å²) in [5.74, 6) is -0.141. The Morgan fingerprint density at radius 1 is 1.78 bits per heavy atom. The first-order valence-corrected chi connectivity index (χ1v) is 6.12. The number of nitrogens with two attached hydrogens (primary N) is 1. The van der Waals surface area contributed by atoms with Crippen LogP contribution in [0.5, 0.6) is 0 Å². The Kier molecular flexibility index (Phi) is 3.30. The Labute approximate surface area is 106 Å². The molecule has 1 aromatic rings. The van der Waals surface area contributed by atoms with Gasteiger partial charge in [0.2, 0.25) is 0 Å². The van der Waals surface area contributed by atoms with Gasteiger partial charge in [-0.1, -0.05) is 0 Å². The second-order valence-electron chi connectivity index (χ2n) is 4.69. The lowest BCUT2D eigenvalue weighted by Crippen LogP contribution is -2.37. The number of rotatable bonds is 3. The van der Waals surface area contributed by atoms with Gasteiger partial charge in [-0.05, 0) is 27.2 Å². The van der Waals surface area contributed by atoms with Crippen molar-refractivity contribution < 1.29 is 14.3 Å². The molecule has 0 aliphatic carbocycles. The Hall–Kier alpha value is -1.56. The fourth-order valence-electron chi connectivity index (χ4n) is 2.26. The van der Waals surface area contributed by atoms with E-state index in [2.05, 4.69) is 11.9 Å². The second-order valence-corrected chi connectivity index (χ2v) is 4.69. The number of ether oxygens (including phenoxy) is 2. The Morgan fingerprint density at radius 3 is 3.06 bits per heavy atom. The van der Waals surface area contributed by atoms with Crippen LogP contribution in [0.3, 0.4) is 0 Å². The van der Waals surface area contributed by atoms with Gasteiger partial charge < -0.3 is 19.8 Å². The van der Waals surface area contributed by atoms with Crippen LogP contribution in [0.25, 0.3) is 0 Å². The highest BCUT2D eigenvalue weighted by atomic mass is 16.5. The predicted molar refractivity (Wildman–Crippen MR) is 66.3 cm³/mol. The minimum atomic E-state index is -0.482. The Morgan fingerprint density at radius 2 is 2.50 bits per heavy atom. The van der Waals surface area contributed by atoms with Crippen LogP contribution in [-0.4, -0.2) is 34.8 Å². The van der Waals surface area contributed by atoms with Gasteiger partial charge in [0.15, 0.2) is 5.69 Å². The predicted octanol–water partition coefficient (Wildman–Crippen LogP) is 1.17. The molecule has 0 spiro atoms. The van der Waals surface area contributed by atoms with Crippen molar-refractivity contribution >= 4 is 11.8 Å². The van der Waals surface area contributed by atoms with E-state index in [1.165, 1.54) is 0 Å². The second kappa shape index (κ2) is 4.61. The quantitative estimate of drug-likeness (QED) is 0.818. The van der Waals surface area contributed by atoms with Crippen LogP contribution < -0.4 is 5.73 Å². The maximum atomic E-state index is 11.7. The van der Waals surface area contributed by atoms with E-state index in [1.807, 2.05) is 11.5 Å². The van der Waals surface area contributed by atoms with Gasteiger partial charge >= 0.3 is 5.97 Å². The SMILES string of the molecule is CCOC(=O)c1ncn(C2(C)CCOC2C)c1N. The number of carbonyl (C=O) groups excluding carboxylic acids is 1. The highest BCUT2D eigenvalue weighted by Gasteiger charge is 2.40. The molecule has 0 bridgehead atoms. The number of carbonyl (C=O) groups is 1. The van der Waals surface area contributed by atoms with E-state index in [0.717, 1.165) is 6.42 Å². The highest BCUT2D eigenvalue weighted by molar-refractivity contribution is 5.92. The molecule has 0 amide bonds. The third-order valence-electron chi connectivity index (χ3n) is 3.68. The molecule has 2 rings (SSSR count). The van der Waals surface area contributed by atoms with Gasteiger partial charge in [-0.15, -0.1) is 0 Å². The van der Waals surface area contributed by atoms with E-state index in [4.69, 9.17) is 15.2 Å². The van der Waals surface area contributed by atoms with E-state index in [0.29, 0.717) is 19.0 Å². The van der Waals surface area contributed by atoms with E-state index < -0.39 is 5.97 Å². The number of nitrogens with zero attached hydrogens (tertiary/aromatic N) is 2. The van der Waals surface area contributed by atoms with Crippen LogP contribution in [-0.2, 0) is 15.0 Å². The Bertz CT molecular complexity index is 457. The average Bonchev–Trinajstić information content (AvgIpc) is 2.85. The normalized spacial score (nSPS) is 27.4. The van der Waals surface area contributed by atoms with Crippen molar-refractivity contribution in [3.05, 3.63) is 12.0 Å². The lowest BCUT2D eigenvalue weighted by molar-refractivity contribution is 0.0520. The number of aromatic nitrogens is 2. The van der Waals surface area contributed by atoms with Gasteiger partial charge in [0.05, 0.1) is 24.6 Å². The number of esters is 1. The van der Waals surface area contributed by atoms with Crippen molar-refractivity contribution in [2.45, 2.75) is 38.8 Å². The molecule has 0 radical (unpaired) electrons. The van der Waals surface area contributed by atoms with Gasteiger partial charge in [-0.3, -0.25) is 0 Å². The molecule has 1 saturated heterocycles. The topological polar surface area (TPSA) is 79.4 Å². The summed E-state index contributed by atoms with van der Waals surface area (Å²) in [7, 11) is 0. The van der Waals surface area contributed by atoms with Gasteiger partial charge in [-0.25, -0.2) is 9.78 Å². The standard InChI is InChI=1S/C12H19N3O3/c1-4-17-11(16)9-10(13)15(7-14-9)12(3)5-6-18-8(12)2/h7-8H,4-6,13H2,1-3H3. The van der Waals surface area contributed by atoms with Crippen LogP contribution in [0.1, 0.15) is 37.7 Å². The van der Waals surface area contributed by atoms with E-state index in [1.54, 1.807) is 13.3 Å². The molecule has 0 aromatic carbocycles. The minimum absolute atomic E-state index is 0.0315. The van der Waals surface area contributed by atoms with E-state index in [-0.39, 0.29) is 17.3 Å². The fraction of sp³-hybridized carbons (Fsp3) is 0.667. The summed E-state index contributed by atoms with van der Waals surface area (Å²) in [6.45, 7) is 6.79. The first kappa shape index (κ1) is 12.9. The van der Waals surface area contributed by atoms with Crippen molar-refractivity contribution in [1.82, 2.24) is 9.55 Å². The van der Waals surface area contributed by atoms with Crippen LogP contribution in [0, 0.1) is 0 Å². The molecular formula is C12H19N3O3. The molecule has 1 aliphatic rings. The first-order valence-electron chi connectivity index (χ1n) is 6.12. The summed E-state index contributed by atoms with van der Waals surface area (Å²) in [6.07, 6.45) is 2.47. The van der Waals surface area contributed by atoms with Crippen molar-refractivity contribution in [1.29, 1.82) is 0 Å². The molecule has 100 valence electrons. The summed E-state index contributed by atoms with van der Waals surface area (Å²) in [6, 6.07) is 0. The summed E-state index contributed by atoms with van der Waals surface area (Å²) in [5, 5.41) is 0. The van der Waals surface area contributed by atoms with E-state index in [9.17, 15) is 4.79 Å². The number of imidazole rings is 1. The van der Waals surface area contributed by atoms with Crippen molar-refractivity contribution in [3.8, 4) is 0 Å². The molecule has 2 heterocycles. The molecule has 2 unspecified atom stereocenters. The zero-order valence-electron chi connectivity index (χ0n) is 11.0. The maximum Gasteiger partial charge on any atom is 0.360 e. The van der Waals surface area contributed by atoms with Crippen LogP contribution in [0.4, 0.5) is 5.82 Å². The van der Waals surface area contributed by atoms with E-state index >= 15 is 0 Å². The minimum Gasteiger partial charge on any atom is -0.461 e. The average molecular weight is 253 g/mol. The molecular weight excluding hydrogens is 234 g/mol. The van der Waals surface area contributed by atoms with Crippen molar-refractivity contribution in [2.24, 2.45) is 0 Å². The molecule has 1 aromatic heterocycles. The molecule has 2 atom stereocenters. The summed E-state index contributed by atoms with van der Waals surface area (Å²) in [4.78, 5) is 15.7. The van der Waals surface area contributed by atoms with Gasteiger partial charge in [0.25, 0.3) is 0 Å². The summed E-state index contributed by atoms with van der Waals surface area (Å²) < 4.78 is 12.3. The lowest BCUT2D eigenvalue weighted by atomic mass is 9.94. The zero-order chi connectivity index (χ0) is 13.3. The number of hydrogen-bond donors (Lipinski definition) is 1. The largest absolute Gasteiger partial charge is 0.461 e. The molecule has 6 nitrogen and oxygen atoms in total. The third kappa shape index (κ3) is 1.86. The molecule has 1 fully saturated rings. The Balaban J connectivity index is 2.34. The van der Waals surface area contributed by atoms with Crippen molar-refractivity contribution in [2.75, 3.05) is 18.9 Å². The van der Waals surface area contributed by atoms with Gasteiger partial charge in [0.1, 0.15) is 5.82 Å². The first-order chi connectivity index (χ1) is 8.50. The number of anilines is 1. The monoisotopic (exact) mass is 253 g/mol. The van der Waals surface area contributed by atoms with Crippen molar-refractivity contribution in [3.63, 3.8) is 0 Å². The maximum absolute atomic E-state index is 11.7. The van der Waals surface area contributed by atoms with Crippen LogP contribution in [0.2, 0.25) is 0 Å². The number of hydrogen-bond acceptors (Lipinski definition) is 5. The summed E-state index contributed by atoms with van der Waals surface area (Å²) in [5.41, 5.74) is 5.92. The zero-order valence-corrected chi connectivity index (χ0v) is 11.0. The molecule has 18 heavy (non-hydrogen) atoms. The fourth-order valence-corrected chi connectivity index (χ4v) is 2.26. The van der Waals surface area contributed by atoms with Gasteiger partial charge in [0, 0.05) is 6.61 Å². The molecule has 0 saturated carbocycles. The smallest absolute Gasteiger partial charge is 0.360 e. The summed E-state index contributed by atoms with van der Waals surface area (Å²) >= 11 is 0. The highest BCUT2D eigenvalue weighted by Crippen LogP contribution is 2.35. The molecule has 1 aliphatic heterocycles. The number of nitrogen functional groups attached to an aromatic ring is 1. The van der Waals surface area contributed by atoms with Crippen LogP contribution in [0.15, 0.2) is 6.33 Å². The lowest BCUT2D eigenvalue weighted by Gasteiger charge is -2.30. The molecule has 6 heteroatoms. The van der Waals surface area contributed by atoms with Crippen LogP contribution >= 0.6 is 0 Å². The molecule has 2 N–H and O–H groups in total.